The molecule has 0 unspecified atom stereocenters. The minimum Gasteiger partial charge on any atom is -0.506 e. The summed E-state index contributed by atoms with van der Waals surface area (Å²) in [5, 5.41) is 17.9. The second-order valence-corrected chi connectivity index (χ2v) is 3.02. The lowest BCUT2D eigenvalue weighted by atomic mass is 10.0. The molecular formula is C10H6F3NO3. The van der Waals surface area contributed by atoms with Gasteiger partial charge in [-0.2, -0.15) is 18.4 Å². The van der Waals surface area contributed by atoms with Crippen LogP contribution in [-0.2, 0) is 10.9 Å². The highest BCUT2D eigenvalue weighted by molar-refractivity contribution is 5.93. The largest absolute Gasteiger partial charge is 0.506 e. The molecule has 0 amide bonds. The summed E-state index contributed by atoms with van der Waals surface area (Å²) < 4.78 is 41.5. The molecule has 1 aromatic rings. The zero-order chi connectivity index (χ0) is 13.2. The van der Waals surface area contributed by atoms with E-state index in [1.807, 2.05) is 0 Å². The van der Waals surface area contributed by atoms with Crippen LogP contribution in [0.3, 0.4) is 0 Å². The molecular weight excluding hydrogens is 239 g/mol. The number of benzene rings is 1. The highest BCUT2D eigenvalue weighted by Gasteiger charge is 2.33. The molecule has 0 spiro atoms. The number of carbonyl (C=O) groups excluding carboxylic acids is 1. The van der Waals surface area contributed by atoms with Crippen molar-refractivity contribution in [1.29, 1.82) is 5.26 Å². The van der Waals surface area contributed by atoms with Gasteiger partial charge in [0.05, 0.1) is 18.2 Å². The number of hydrogen-bond donors (Lipinski definition) is 1. The van der Waals surface area contributed by atoms with Gasteiger partial charge in [0, 0.05) is 0 Å². The van der Waals surface area contributed by atoms with Crippen molar-refractivity contribution in [2.24, 2.45) is 0 Å². The quantitative estimate of drug-likeness (QED) is 0.769. The highest BCUT2D eigenvalue weighted by atomic mass is 19.4. The third-order valence-corrected chi connectivity index (χ3v) is 1.96. The molecule has 1 N–H and O–H groups in total. The maximum atomic E-state index is 12.4. The average Bonchev–Trinajstić information content (AvgIpc) is 2.26. The van der Waals surface area contributed by atoms with Gasteiger partial charge in [-0.3, -0.25) is 0 Å². The third kappa shape index (κ3) is 2.47. The van der Waals surface area contributed by atoms with Crippen molar-refractivity contribution in [2.45, 2.75) is 6.18 Å². The fourth-order valence-corrected chi connectivity index (χ4v) is 1.15. The summed E-state index contributed by atoms with van der Waals surface area (Å²) in [6.45, 7) is 0. The highest BCUT2D eigenvalue weighted by Crippen LogP contribution is 2.34. The molecule has 0 saturated carbocycles. The van der Waals surface area contributed by atoms with Gasteiger partial charge in [-0.05, 0) is 12.1 Å². The summed E-state index contributed by atoms with van der Waals surface area (Å²) in [5.41, 5.74) is -2.54. The van der Waals surface area contributed by atoms with E-state index in [9.17, 15) is 23.1 Å². The Bertz CT molecular complexity index is 503. The molecule has 4 nitrogen and oxygen atoms in total. The topological polar surface area (TPSA) is 70.3 Å². The number of esters is 1. The van der Waals surface area contributed by atoms with Crippen LogP contribution in [0.15, 0.2) is 12.1 Å². The Morgan fingerprint density at radius 2 is 2.06 bits per heavy atom. The molecule has 0 aromatic heterocycles. The number of methoxy groups -OCH3 is 1. The predicted octanol–water partition coefficient (Wildman–Crippen LogP) is 2.07. The van der Waals surface area contributed by atoms with E-state index in [4.69, 9.17) is 5.26 Å². The lowest BCUT2D eigenvalue weighted by molar-refractivity contribution is -0.137. The number of phenolic OH excluding ortho intramolecular Hbond substituents is 1. The first kappa shape index (κ1) is 12.8. The van der Waals surface area contributed by atoms with E-state index < -0.39 is 34.6 Å². The first-order valence-corrected chi connectivity index (χ1v) is 4.24. The Balaban J connectivity index is 3.51. The SMILES string of the molecule is COC(=O)c1cc(C(F)(F)F)cc(C#N)c1O. The summed E-state index contributed by atoms with van der Waals surface area (Å²) >= 11 is 0. The fraction of sp³-hybridized carbons (Fsp3) is 0.200. The van der Waals surface area contributed by atoms with Gasteiger partial charge < -0.3 is 9.84 Å². The Morgan fingerprint density at radius 3 is 2.47 bits per heavy atom. The molecule has 7 heteroatoms. The third-order valence-electron chi connectivity index (χ3n) is 1.96. The number of halogens is 3. The molecule has 0 aliphatic carbocycles. The summed E-state index contributed by atoms with van der Waals surface area (Å²) in [5.74, 6) is -1.97. The molecule has 1 rings (SSSR count). The summed E-state index contributed by atoms with van der Waals surface area (Å²) in [7, 11) is 0.952. The second kappa shape index (κ2) is 4.33. The number of aromatic hydroxyl groups is 1. The minimum absolute atomic E-state index is 0.433. The lowest BCUT2D eigenvalue weighted by Crippen LogP contribution is -2.10. The van der Waals surface area contributed by atoms with E-state index in [0.717, 1.165) is 7.11 Å². The van der Waals surface area contributed by atoms with E-state index in [1.54, 1.807) is 0 Å². The van der Waals surface area contributed by atoms with E-state index in [0.29, 0.717) is 12.1 Å². The van der Waals surface area contributed by atoms with Crippen LogP contribution in [0.1, 0.15) is 21.5 Å². The van der Waals surface area contributed by atoms with Crippen molar-refractivity contribution in [1.82, 2.24) is 0 Å². The zero-order valence-electron chi connectivity index (χ0n) is 8.50. The van der Waals surface area contributed by atoms with Gasteiger partial charge in [0.15, 0.2) is 0 Å². The number of alkyl halides is 3. The van der Waals surface area contributed by atoms with Crippen LogP contribution < -0.4 is 0 Å². The maximum absolute atomic E-state index is 12.4. The smallest absolute Gasteiger partial charge is 0.416 e. The molecule has 0 radical (unpaired) electrons. The predicted molar refractivity (Wildman–Crippen MR) is 49.2 cm³/mol. The van der Waals surface area contributed by atoms with Gasteiger partial charge >= 0.3 is 12.1 Å². The molecule has 0 bridgehead atoms. The van der Waals surface area contributed by atoms with Crippen LogP contribution in [-0.4, -0.2) is 18.2 Å². The average molecular weight is 245 g/mol. The maximum Gasteiger partial charge on any atom is 0.416 e. The van der Waals surface area contributed by atoms with Gasteiger partial charge in [0.2, 0.25) is 0 Å². The first-order valence-electron chi connectivity index (χ1n) is 4.24. The molecule has 0 aliphatic rings. The molecule has 17 heavy (non-hydrogen) atoms. The van der Waals surface area contributed by atoms with Crippen LogP contribution in [0.2, 0.25) is 0 Å². The monoisotopic (exact) mass is 245 g/mol. The molecule has 0 fully saturated rings. The zero-order valence-corrected chi connectivity index (χ0v) is 8.50. The van der Waals surface area contributed by atoms with Crippen LogP contribution >= 0.6 is 0 Å². The second-order valence-electron chi connectivity index (χ2n) is 3.02. The van der Waals surface area contributed by atoms with E-state index in [-0.39, 0.29) is 0 Å². The summed E-state index contributed by atoms with van der Waals surface area (Å²) in [6.07, 6.45) is -4.72. The molecule has 0 atom stereocenters. The van der Waals surface area contributed by atoms with Crippen molar-refractivity contribution < 1.29 is 27.8 Å². The van der Waals surface area contributed by atoms with Gasteiger partial charge in [-0.25, -0.2) is 4.79 Å². The van der Waals surface area contributed by atoms with Crippen molar-refractivity contribution in [3.63, 3.8) is 0 Å². The number of nitrogens with zero attached hydrogens (tertiary/aromatic N) is 1. The Hall–Kier alpha value is -2.23. The van der Waals surface area contributed by atoms with Crippen molar-refractivity contribution >= 4 is 5.97 Å². The minimum atomic E-state index is -4.72. The van der Waals surface area contributed by atoms with Crippen molar-refractivity contribution in [3.05, 3.63) is 28.8 Å². The Kier molecular flexibility index (Phi) is 3.27. The number of nitriles is 1. The van der Waals surface area contributed by atoms with Crippen LogP contribution in [0.5, 0.6) is 5.75 Å². The van der Waals surface area contributed by atoms with Crippen LogP contribution in [0, 0.1) is 11.3 Å². The molecule has 0 heterocycles. The number of carbonyl (C=O) groups is 1. The van der Waals surface area contributed by atoms with Gasteiger partial charge in [-0.1, -0.05) is 0 Å². The Morgan fingerprint density at radius 1 is 1.47 bits per heavy atom. The Labute approximate surface area is 93.8 Å². The van der Waals surface area contributed by atoms with Crippen molar-refractivity contribution in [3.8, 4) is 11.8 Å². The lowest BCUT2D eigenvalue weighted by Gasteiger charge is -2.10. The number of ether oxygens (including phenoxy) is 1. The van der Waals surface area contributed by atoms with Gasteiger partial charge in [0.25, 0.3) is 0 Å². The molecule has 90 valence electrons. The number of phenols is 1. The van der Waals surface area contributed by atoms with E-state index in [2.05, 4.69) is 4.74 Å². The summed E-state index contributed by atoms with van der Waals surface area (Å²) in [6, 6.07) is 2.26. The molecule has 0 saturated heterocycles. The first-order chi connectivity index (χ1) is 7.81. The van der Waals surface area contributed by atoms with Crippen LogP contribution in [0.4, 0.5) is 13.2 Å². The normalized spacial score (nSPS) is 10.8. The van der Waals surface area contributed by atoms with Crippen LogP contribution in [0.25, 0.3) is 0 Å². The number of hydrogen-bond acceptors (Lipinski definition) is 4. The van der Waals surface area contributed by atoms with E-state index >= 15 is 0 Å². The van der Waals surface area contributed by atoms with Gasteiger partial charge in [0.1, 0.15) is 17.4 Å². The van der Waals surface area contributed by atoms with E-state index in [1.165, 1.54) is 6.07 Å². The van der Waals surface area contributed by atoms with Crippen molar-refractivity contribution in [2.75, 3.05) is 7.11 Å². The molecule has 0 aliphatic heterocycles. The van der Waals surface area contributed by atoms with Gasteiger partial charge in [-0.15, -0.1) is 0 Å². The molecule has 1 aromatic carbocycles. The number of rotatable bonds is 1. The fourth-order valence-electron chi connectivity index (χ4n) is 1.15. The summed E-state index contributed by atoms with van der Waals surface area (Å²) in [4.78, 5) is 11.1. The standard InChI is InChI=1S/C10H6F3NO3/c1-17-9(16)7-3-6(10(11,12)13)2-5(4-14)8(7)15/h2-3,15H,1H3.